The average Bonchev–Trinajstić information content (AvgIpc) is 3.35. The van der Waals surface area contributed by atoms with Gasteiger partial charge in [0.1, 0.15) is 5.69 Å². The van der Waals surface area contributed by atoms with Gasteiger partial charge < -0.3 is 24.3 Å². The number of pyridine rings is 1. The summed E-state index contributed by atoms with van der Waals surface area (Å²) >= 11 is 0. The Hall–Kier alpha value is -3.29. The van der Waals surface area contributed by atoms with E-state index in [1.165, 1.54) is 16.8 Å². The number of anilines is 1. The predicted molar refractivity (Wildman–Crippen MR) is 97.3 cm³/mol. The van der Waals surface area contributed by atoms with E-state index < -0.39 is 5.91 Å². The van der Waals surface area contributed by atoms with E-state index in [0.717, 1.165) is 12.8 Å². The lowest BCUT2D eigenvalue weighted by Crippen LogP contribution is -2.30. The second-order valence-corrected chi connectivity index (χ2v) is 6.58. The normalized spacial score (nSPS) is 15.1. The third-order valence-electron chi connectivity index (χ3n) is 4.71. The van der Waals surface area contributed by atoms with Crippen molar-refractivity contribution in [3.05, 3.63) is 51.9 Å². The molecule has 0 saturated carbocycles. The van der Waals surface area contributed by atoms with E-state index in [4.69, 9.17) is 9.47 Å². The molecule has 8 heteroatoms. The Morgan fingerprint density at radius 3 is 2.56 bits per heavy atom. The highest BCUT2D eigenvalue weighted by Gasteiger charge is 2.22. The standard InChI is InChI=1S/C19H19N3O5/c1-21-10-13(18(24)22-6-2-3-7-22)8-14(19(21)25)20-17(23)12-4-5-15-16(9-12)27-11-26-15/h4-5,8-10H,2-3,6-7,11H2,1H3,(H,20,23). The molecule has 27 heavy (non-hydrogen) atoms. The smallest absolute Gasteiger partial charge is 0.274 e. The number of benzene rings is 1. The molecule has 2 aliphatic rings. The zero-order valence-corrected chi connectivity index (χ0v) is 14.9. The lowest BCUT2D eigenvalue weighted by atomic mass is 10.1. The van der Waals surface area contributed by atoms with Crippen molar-refractivity contribution in [2.75, 3.05) is 25.2 Å². The van der Waals surface area contributed by atoms with Crippen LogP contribution in [0.2, 0.25) is 0 Å². The van der Waals surface area contributed by atoms with E-state index in [2.05, 4.69) is 5.32 Å². The number of fused-ring (bicyclic) bond motifs is 1. The van der Waals surface area contributed by atoms with Gasteiger partial charge in [-0.25, -0.2) is 0 Å². The van der Waals surface area contributed by atoms with Crippen LogP contribution in [0.15, 0.2) is 35.3 Å². The summed E-state index contributed by atoms with van der Waals surface area (Å²) in [6.07, 6.45) is 3.45. The number of hydrogen-bond donors (Lipinski definition) is 1. The van der Waals surface area contributed by atoms with Gasteiger partial charge in [-0.05, 0) is 37.1 Å². The fraction of sp³-hybridized carbons (Fsp3) is 0.316. The highest BCUT2D eigenvalue weighted by Crippen LogP contribution is 2.32. The van der Waals surface area contributed by atoms with Crippen molar-refractivity contribution in [2.45, 2.75) is 12.8 Å². The largest absolute Gasteiger partial charge is 0.454 e. The molecule has 1 N–H and O–H groups in total. The molecule has 0 bridgehead atoms. The van der Waals surface area contributed by atoms with Crippen molar-refractivity contribution in [1.82, 2.24) is 9.47 Å². The first-order valence-corrected chi connectivity index (χ1v) is 8.74. The summed E-state index contributed by atoms with van der Waals surface area (Å²) in [5, 5.41) is 2.60. The Kier molecular flexibility index (Phi) is 4.31. The molecule has 3 heterocycles. The molecule has 1 aromatic heterocycles. The second kappa shape index (κ2) is 6.79. The summed E-state index contributed by atoms with van der Waals surface area (Å²) in [5.74, 6) is 0.451. The average molecular weight is 369 g/mol. The number of nitrogens with one attached hydrogen (secondary N) is 1. The summed E-state index contributed by atoms with van der Waals surface area (Å²) in [5.41, 5.74) is 0.379. The van der Waals surface area contributed by atoms with E-state index in [-0.39, 0.29) is 23.9 Å². The van der Waals surface area contributed by atoms with Crippen LogP contribution in [0.1, 0.15) is 33.6 Å². The van der Waals surface area contributed by atoms with Crippen LogP contribution in [0.4, 0.5) is 5.69 Å². The molecular formula is C19H19N3O5. The maximum atomic E-state index is 12.6. The van der Waals surface area contributed by atoms with Crippen molar-refractivity contribution >= 4 is 17.5 Å². The van der Waals surface area contributed by atoms with Crippen LogP contribution >= 0.6 is 0 Å². The molecule has 0 spiro atoms. The minimum Gasteiger partial charge on any atom is -0.454 e. The zero-order chi connectivity index (χ0) is 19.0. The van der Waals surface area contributed by atoms with Crippen molar-refractivity contribution in [1.29, 1.82) is 0 Å². The Morgan fingerprint density at radius 2 is 1.78 bits per heavy atom. The van der Waals surface area contributed by atoms with Crippen LogP contribution < -0.4 is 20.3 Å². The van der Waals surface area contributed by atoms with Crippen LogP contribution in [0.5, 0.6) is 11.5 Å². The molecule has 1 aromatic carbocycles. The Morgan fingerprint density at radius 1 is 1.04 bits per heavy atom. The summed E-state index contributed by atoms with van der Waals surface area (Å²) in [6, 6.07) is 6.23. The molecule has 1 saturated heterocycles. The minimum atomic E-state index is -0.462. The summed E-state index contributed by atoms with van der Waals surface area (Å²) < 4.78 is 11.8. The van der Waals surface area contributed by atoms with Crippen LogP contribution in [-0.4, -0.2) is 41.2 Å². The van der Waals surface area contributed by atoms with Gasteiger partial charge in [-0.1, -0.05) is 0 Å². The van der Waals surface area contributed by atoms with E-state index >= 15 is 0 Å². The lowest BCUT2D eigenvalue weighted by molar-refractivity contribution is 0.0791. The van der Waals surface area contributed by atoms with Gasteiger partial charge in [-0.3, -0.25) is 14.4 Å². The number of aromatic nitrogens is 1. The second-order valence-electron chi connectivity index (χ2n) is 6.58. The van der Waals surface area contributed by atoms with Crippen molar-refractivity contribution in [3.63, 3.8) is 0 Å². The van der Waals surface area contributed by atoms with Gasteiger partial charge >= 0.3 is 0 Å². The molecule has 4 rings (SSSR count). The van der Waals surface area contributed by atoms with Crippen molar-refractivity contribution in [2.24, 2.45) is 7.05 Å². The molecule has 2 aromatic rings. The van der Waals surface area contributed by atoms with Gasteiger partial charge in [-0.2, -0.15) is 0 Å². The SMILES string of the molecule is Cn1cc(C(=O)N2CCCC2)cc(NC(=O)c2ccc3c(c2)OCO3)c1=O. The molecule has 0 radical (unpaired) electrons. The molecule has 1 fully saturated rings. The molecule has 2 amide bonds. The maximum Gasteiger partial charge on any atom is 0.274 e. The number of rotatable bonds is 3. The highest BCUT2D eigenvalue weighted by atomic mass is 16.7. The van der Waals surface area contributed by atoms with E-state index in [1.807, 2.05) is 0 Å². The van der Waals surface area contributed by atoms with E-state index in [1.54, 1.807) is 30.1 Å². The first-order valence-electron chi connectivity index (χ1n) is 8.74. The first-order chi connectivity index (χ1) is 13.0. The van der Waals surface area contributed by atoms with Gasteiger partial charge in [0.15, 0.2) is 11.5 Å². The molecular weight excluding hydrogens is 350 g/mol. The third kappa shape index (κ3) is 3.25. The molecule has 0 unspecified atom stereocenters. The van der Waals surface area contributed by atoms with Crippen LogP contribution in [-0.2, 0) is 7.05 Å². The minimum absolute atomic E-state index is 0.0604. The number of amides is 2. The maximum absolute atomic E-state index is 12.6. The molecule has 8 nitrogen and oxygen atoms in total. The predicted octanol–water partition coefficient (Wildman–Crippen LogP) is 1.60. The first kappa shape index (κ1) is 17.1. The number of aryl methyl sites for hydroxylation is 1. The molecule has 0 atom stereocenters. The van der Waals surface area contributed by atoms with Crippen LogP contribution in [0, 0.1) is 0 Å². The Labute approximate surface area is 155 Å². The van der Waals surface area contributed by atoms with Gasteiger partial charge in [-0.15, -0.1) is 0 Å². The number of likely N-dealkylation sites (tertiary alicyclic amines) is 1. The number of nitrogens with zero attached hydrogens (tertiary/aromatic N) is 2. The quantitative estimate of drug-likeness (QED) is 0.888. The topological polar surface area (TPSA) is 89.9 Å². The summed E-state index contributed by atoms with van der Waals surface area (Å²) in [6.45, 7) is 1.53. The van der Waals surface area contributed by atoms with Gasteiger partial charge in [0, 0.05) is 31.9 Å². The number of carbonyl (C=O) groups is 2. The summed E-state index contributed by atoms with van der Waals surface area (Å²) in [7, 11) is 1.55. The van der Waals surface area contributed by atoms with E-state index in [9.17, 15) is 14.4 Å². The zero-order valence-electron chi connectivity index (χ0n) is 14.9. The Balaban J connectivity index is 1.60. The monoisotopic (exact) mass is 369 g/mol. The summed E-state index contributed by atoms with van der Waals surface area (Å²) in [4.78, 5) is 39.3. The third-order valence-corrected chi connectivity index (χ3v) is 4.71. The van der Waals surface area contributed by atoms with Crippen molar-refractivity contribution < 1.29 is 19.1 Å². The van der Waals surface area contributed by atoms with Crippen LogP contribution in [0.25, 0.3) is 0 Å². The number of ether oxygens (including phenoxy) is 2. The Bertz CT molecular complexity index is 976. The molecule has 2 aliphatic heterocycles. The lowest BCUT2D eigenvalue weighted by Gasteiger charge is -2.16. The number of carbonyl (C=O) groups excluding carboxylic acids is 2. The molecule has 140 valence electrons. The van der Waals surface area contributed by atoms with Gasteiger partial charge in [0.05, 0.1) is 5.56 Å². The van der Waals surface area contributed by atoms with Crippen molar-refractivity contribution in [3.8, 4) is 11.5 Å². The molecule has 0 aliphatic carbocycles. The van der Waals surface area contributed by atoms with Crippen LogP contribution in [0.3, 0.4) is 0 Å². The highest BCUT2D eigenvalue weighted by molar-refractivity contribution is 6.05. The fourth-order valence-corrected chi connectivity index (χ4v) is 3.25. The van der Waals surface area contributed by atoms with E-state index in [0.29, 0.717) is 35.7 Å². The number of hydrogen-bond acceptors (Lipinski definition) is 5. The van der Waals surface area contributed by atoms with Gasteiger partial charge in [0.2, 0.25) is 6.79 Å². The fourth-order valence-electron chi connectivity index (χ4n) is 3.25. The van der Waals surface area contributed by atoms with Gasteiger partial charge in [0.25, 0.3) is 17.4 Å².